The zero-order chi connectivity index (χ0) is 14.5. The van der Waals surface area contributed by atoms with Crippen molar-refractivity contribution in [1.82, 2.24) is 15.1 Å². The van der Waals surface area contributed by atoms with E-state index in [-0.39, 0.29) is 12.6 Å². The number of hydrogen-bond acceptors (Lipinski definition) is 3. The Balaban J connectivity index is 2.10. The molecule has 0 saturated carbocycles. The van der Waals surface area contributed by atoms with E-state index >= 15 is 0 Å². The highest BCUT2D eigenvalue weighted by atomic mass is 35.5. The van der Waals surface area contributed by atoms with Gasteiger partial charge in [-0.25, -0.2) is 0 Å². The first kappa shape index (κ1) is 15.0. The molecule has 108 valence electrons. The topological polar surface area (TPSA) is 50.1 Å². The number of nitrogens with one attached hydrogen (secondary N) is 1. The molecular weight excluding hydrogens is 274 g/mol. The quantitative estimate of drug-likeness (QED) is 0.861. The van der Waals surface area contributed by atoms with E-state index in [0.717, 1.165) is 11.3 Å². The minimum absolute atomic E-state index is 0.108. The van der Waals surface area contributed by atoms with Crippen molar-refractivity contribution < 1.29 is 5.11 Å². The highest BCUT2D eigenvalue weighted by Gasteiger charge is 2.14. The van der Waals surface area contributed by atoms with E-state index in [2.05, 4.69) is 22.5 Å². The number of aromatic nitrogens is 2. The van der Waals surface area contributed by atoms with Crippen LogP contribution in [0, 0.1) is 6.92 Å². The average Bonchev–Trinajstić information content (AvgIpc) is 2.70. The van der Waals surface area contributed by atoms with Gasteiger partial charge in [0.15, 0.2) is 0 Å². The number of benzene rings is 1. The number of aliphatic hydroxyl groups is 1. The van der Waals surface area contributed by atoms with E-state index in [1.165, 1.54) is 5.56 Å². The monoisotopic (exact) mass is 293 g/mol. The minimum atomic E-state index is 0.108. The fraction of sp³-hybridized carbons (Fsp3) is 0.400. The molecule has 0 aliphatic rings. The van der Waals surface area contributed by atoms with E-state index in [1.807, 2.05) is 32.2 Å². The second-order valence-electron chi connectivity index (χ2n) is 4.83. The Bertz CT molecular complexity index is 554. The van der Waals surface area contributed by atoms with E-state index in [9.17, 15) is 5.11 Å². The molecule has 1 heterocycles. The van der Waals surface area contributed by atoms with E-state index in [4.69, 9.17) is 11.6 Å². The predicted molar refractivity (Wildman–Crippen MR) is 80.7 cm³/mol. The summed E-state index contributed by atoms with van der Waals surface area (Å²) >= 11 is 6.23. The van der Waals surface area contributed by atoms with Crippen LogP contribution in [-0.2, 0) is 13.6 Å². The number of rotatable bonds is 6. The van der Waals surface area contributed by atoms with Gasteiger partial charge < -0.3 is 10.4 Å². The van der Waals surface area contributed by atoms with Crippen LogP contribution in [0.5, 0.6) is 0 Å². The Morgan fingerprint density at radius 2 is 2.05 bits per heavy atom. The largest absolute Gasteiger partial charge is 0.396 e. The van der Waals surface area contributed by atoms with Gasteiger partial charge in [0.1, 0.15) is 5.15 Å². The lowest BCUT2D eigenvalue weighted by Gasteiger charge is -2.18. The molecule has 20 heavy (non-hydrogen) atoms. The molecular formula is C15H20ClN3O. The van der Waals surface area contributed by atoms with Crippen LogP contribution in [0.1, 0.15) is 29.3 Å². The van der Waals surface area contributed by atoms with Gasteiger partial charge in [-0.3, -0.25) is 4.68 Å². The van der Waals surface area contributed by atoms with Crippen LogP contribution < -0.4 is 5.32 Å². The number of hydrogen-bond donors (Lipinski definition) is 2. The molecule has 2 N–H and O–H groups in total. The SMILES string of the molecule is Cc1nn(C)c(Cl)c1CN[C@H](CCO)c1ccccc1. The van der Waals surface area contributed by atoms with E-state index in [1.54, 1.807) is 4.68 Å². The van der Waals surface area contributed by atoms with Crippen molar-refractivity contribution in [2.75, 3.05) is 6.61 Å². The molecule has 0 saturated heterocycles. The zero-order valence-electron chi connectivity index (χ0n) is 11.8. The summed E-state index contributed by atoms with van der Waals surface area (Å²) in [5.74, 6) is 0. The number of aryl methyl sites for hydroxylation is 2. The van der Waals surface area contributed by atoms with Gasteiger partial charge in [0.05, 0.1) is 5.69 Å². The van der Waals surface area contributed by atoms with Gasteiger partial charge in [-0.2, -0.15) is 5.10 Å². The van der Waals surface area contributed by atoms with Crippen molar-refractivity contribution in [1.29, 1.82) is 0 Å². The van der Waals surface area contributed by atoms with Crippen LogP contribution in [-0.4, -0.2) is 21.5 Å². The van der Waals surface area contributed by atoms with Crippen LogP contribution in [0.15, 0.2) is 30.3 Å². The summed E-state index contributed by atoms with van der Waals surface area (Å²) in [7, 11) is 1.83. The van der Waals surface area contributed by atoms with Crippen LogP contribution in [0.3, 0.4) is 0 Å². The Hall–Kier alpha value is -1.36. The van der Waals surface area contributed by atoms with Crippen LogP contribution in [0.2, 0.25) is 5.15 Å². The fourth-order valence-electron chi connectivity index (χ4n) is 2.30. The molecule has 0 radical (unpaired) electrons. The molecule has 0 bridgehead atoms. The first-order valence-electron chi connectivity index (χ1n) is 6.70. The van der Waals surface area contributed by atoms with Crippen molar-refractivity contribution in [3.63, 3.8) is 0 Å². The maximum absolute atomic E-state index is 9.23. The lowest BCUT2D eigenvalue weighted by molar-refractivity contribution is 0.265. The molecule has 0 aliphatic carbocycles. The first-order valence-corrected chi connectivity index (χ1v) is 7.08. The standard InChI is InChI=1S/C15H20ClN3O/c1-11-13(15(16)19(2)18-11)10-17-14(8-9-20)12-6-4-3-5-7-12/h3-7,14,17,20H,8-10H2,1-2H3/t14-/m1/s1. The summed E-state index contributed by atoms with van der Waals surface area (Å²) in [5.41, 5.74) is 3.10. The molecule has 1 atom stereocenters. The molecule has 1 aromatic heterocycles. The third-order valence-electron chi connectivity index (χ3n) is 3.41. The van der Waals surface area contributed by atoms with Crippen molar-refractivity contribution in [3.8, 4) is 0 Å². The van der Waals surface area contributed by atoms with E-state index < -0.39 is 0 Å². The molecule has 0 fully saturated rings. The summed E-state index contributed by atoms with van der Waals surface area (Å²) in [5, 5.41) is 17.6. The number of nitrogens with zero attached hydrogens (tertiary/aromatic N) is 2. The maximum atomic E-state index is 9.23. The van der Waals surface area contributed by atoms with Gasteiger partial charge in [0.25, 0.3) is 0 Å². The number of halogens is 1. The van der Waals surface area contributed by atoms with Gasteiger partial charge in [0, 0.05) is 31.8 Å². The van der Waals surface area contributed by atoms with Gasteiger partial charge in [-0.05, 0) is 18.9 Å². The molecule has 5 heteroatoms. The average molecular weight is 294 g/mol. The zero-order valence-corrected chi connectivity index (χ0v) is 12.6. The van der Waals surface area contributed by atoms with Crippen LogP contribution in [0.25, 0.3) is 0 Å². The highest BCUT2D eigenvalue weighted by Crippen LogP contribution is 2.21. The lowest BCUT2D eigenvalue weighted by atomic mass is 10.0. The molecule has 2 aromatic rings. The second kappa shape index (κ2) is 6.88. The molecule has 2 rings (SSSR count). The summed E-state index contributed by atoms with van der Waals surface area (Å²) in [4.78, 5) is 0. The first-order chi connectivity index (χ1) is 9.63. The van der Waals surface area contributed by atoms with Gasteiger partial charge in [-0.1, -0.05) is 41.9 Å². The fourth-order valence-corrected chi connectivity index (χ4v) is 2.54. The highest BCUT2D eigenvalue weighted by molar-refractivity contribution is 6.30. The summed E-state index contributed by atoms with van der Waals surface area (Å²) in [6.07, 6.45) is 0.668. The van der Waals surface area contributed by atoms with Crippen LogP contribution >= 0.6 is 11.6 Å². The Morgan fingerprint density at radius 3 is 2.60 bits per heavy atom. The van der Waals surface area contributed by atoms with Crippen molar-refractivity contribution in [2.45, 2.75) is 25.9 Å². The van der Waals surface area contributed by atoms with Crippen LogP contribution in [0.4, 0.5) is 0 Å². The Morgan fingerprint density at radius 1 is 1.35 bits per heavy atom. The molecule has 1 aromatic carbocycles. The lowest BCUT2D eigenvalue weighted by Crippen LogP contribution is -2.22. The molecule has 0 aliphatic heterocycles. The minimum Gasteiger partial charge on any atom is -0.396 e. The maximum Gasteiger partial charge on any atom is 0.131 e. The summed E-state index contributed by atoms with van der Waals surface area (Å²) in [6.45, 7) is 2.73. The molecule has 0 amide bonds. The number of aliphatic hydroxyl groups excluding tert-OH is 1. The summed E-state index contributed by atoms with van der Waals surface area (Å²) < 4.78 is 1.68. The second-order valence-corrected chi connectivity index (χ2v) is 5.19. The van der Waals surface area contributed by atoms with Gasteiger partial charge in [-0.15, -0.1) is 0 Å². The normalized spacial score (nSPS) is 12.6. The smallest absolute Gasteiger partial charge is 0.131 e. The predicted octanol–water partition coefficient (Wildman–Crippen LogP) is 2.60. The van der Waals surface area contributed by atoms with Crippen molar-refractivity contribution in [2.24, 2.45) is 7.05 Å². The Labute approximate surface area is 124 Å². The van der Waals surface area contributed by atoms with Crippen molar-refractivity contribution >= 4 is 11.6 Å². The summed E-state index contributed by atoms with van der Waals surface area (Å²) in [6, 6.07) is 10.2. The third-order valence-corrected chi connectivity index (χ3v) is 3.89. The molecule has 0 unspecified atom stereocenters. The molecule has 0 spiro atoms. The Kier molecular flexibility index (Phi) is 5.17. The third kappa shape index (κ3) is 3.39. The van der Waals surface area contributed by atoms with Gasteiger partial charge in [0.2, 0.25) is 0 Å². The van der Waals surface area contributed by atoms with Crippen molar-refractivity contribution in [3.05, 3.63) is 52.3 Å². The molecule has 4 nitrogen and oxygen atoms in total. The van der Waals surface area contributed by atoms with E-state index in [0.29, 0.717) is 18.1 Å². The van der Waals surface area contributed by atoms with Gasteiger partial charge >= 0.3 is 0 Å².